The molecule has 0 aliphatic carbocycles. The summed E-state index contributed by atoms with van der Waals surface area (Å²) in [6.45, 7) is 3.00. The molecule has 0 aromatic carbocycles. The van der Waals surface area contributed by atoms with Crippen molar-refractivity contribution in [1.29, 1.82) is 0 Å². The third-order valence-corrected chi connectivity index (χ3v) is 3.39. The molecule has 4 nitrogen and oxygen atoms in total. The van der Waals surface area contributed by atoms with Gasteiger partial charge in [0, 0.05) is 6.54 Å². The van der Waals surface area contributed by atoms with Gasteiger partial charge in [0.25, 0.3) is 0 Å². The maximum Gasteiger partial charge on any atom is 0.411 e. The highest BCUT2D eigenvalue weighted by molar-refractivity contribution is 14.1. The zero-order valence-electron chi connectivity index (χ0n) is 10.6. The van der Waals surface area contributed by atoms with Crippen LogP contribution in [-0.4, -0.2) is 29.3 Å². The number of hydrogen-bond donors (Lipinski definition) is 1. The third kappa shape index (κ3) is 5.89. The Morgan fingerprint density at radius 3 is 2.58 bits per heavy atom. The van der Waals surface area contributed by atoms with Gasteiger partial charge in [-0.05, 0) is 35.9 Å². The summed E-state index contributed by atoms with van der Waals surface area (Å²) >= 11 is 2.10. The van der Waals surface area contributed by atoms with Crippen LogP contribution in [0.1, 0.15) is 24.9 Å². The fourth-order valence-electron chi connectivity index (χ4n) is 1.30. The van der Waals surface area contributed by atoms with Gasteiger partial charge in [-0.2, -0.15) is 13.2 Å². The summed E-state index contributed by atoms with van der Waals surface area (Å²) in [6, 6.07) is 0. The third-order valence-electron chi connectivity index (χ3n) is 2.10. The van der Waals surface area contributed by atoms with Crippen LogP contribution in [-0.2, 0) is 11.3 Å². The summed E-state index contributed by atoms with van der Waals surface area (Å²) in [7, 11) is 0. The highest BCUT2D eigenvalue weighted by atomic mass is 127. The van der Waals surface area contributed by atoms with Crippen LogP contribution in [0, 0.1) is 10.5 Å². The number of aryl methyl sites for hydroxylation is 1. The highest BCUT2D eigenvalue weighted by Gasteiger charge is 2.27. The maximum atomic E-state index is 12.0. The zero-order chi connectivity index (χ0) is 14.5. The first kappa shape index (κ1) is 16.4. The van der Waals surface area contributed by atoms with E-state index in [0.717, 1.165) is 22.2 Å². The van der Waals surface area contributed by atoms with Crippen LogP contribution in [0.2, 0.25) is 0 Å². The summed E-state index contributed by atoms with van der Waals surface area (Å²) in [6.07, 6.45) is -3.40. The monoisotopic (exact) mass is 389 g/mol. The minimum atomic E-state index is -4.33. The van der Waals surface area contributed by atoms with E-state index in [-0.39, 0.29) is 12.4 Å². The summed E-state index contributed by atoms with van der Waals surface area (Å²) < 4.78 is 41.3. The van der Waals surface area contributed by atoms with Gasteiger partial charge in [-0.1, -0.05) is 6.92 Å². The molecule has 1 heterocycles. The molecule has 0 radical (unpaired) electrons. The van der Waals surface area contributed by atoms with Crippen molar-refractivity contribution in [2.75, 3.05) is 18.5 Å². The molecule has 0 bridgehead atoms. The lowest BCUT2D eigenvalue weighted by atomic mass is 10.4. The first-order chi connectivity index (χ1) is 8.83. The van der Waals surface area contributed by atoms with Crippen LogP contribution < -0.4 is 5.32 Å². The lowest BCUT2D eigenvalue weighted by Gasteiger charge is -2.11. The number of nitrogens with zero attached hydrogens (tertiary/aromatic N) is 2. The molecule has 1 aromatic heterocycles. The van der Waals surface area contributed by atoms with Crippen molar-refractivity contribution in [3.63, 3.8) is 0 Å². The van der Waals surface area contributed by atoms with Crippen molar-refractivity contribution in [1.82, 2.24) is 9.97 Å². The molecular formula is C11H15F3IN3O. The second kappa shape index (κ2) is 7.22. The Bertz CT molecular complexity index is 426. The Balaban J connectivity index is 2.71. The highest BCUT2D eigenvalue weighted by Crippen LogP contribution is 2.20. The van der Waals surface area contributed by atoms with Gasteiger partial charge in [0.1, 0.15) is 19.0 Å². The Morgan fingerprint density at radius 1 is 1.32 bits per heavy atom. The van der Waals surface area contributed by atoms with E-state index in [0.29, 0.717) is 5.82 Å². The van der Waals surface area contributed by atoms with E-state index in [2.05, 4.69) is 42.6 Å². The molecule has 1 aromatic rings. The van der Waals surface area contributed by atoms with Gasteiger partial charge in [0.15, 0.2) is 5.82 Å². The smallest absolute Gasteiger partial charge is 0.369 e. The van der Waals surface area contributed by atoms with Crippen LogP contribution in [0.4, 0.5) is 19.0 Å². The molecular weight excluding hydrogens is 374 g/mol. The van der Waals surface area contributed by atoms with Crippen LogP contribution >= 0.6 is 22.6 Å². The summed E-state index contributed by atoms with van der Waals surface area (Å²) in [4.78, 5) is 8.28. The molecule has 0 aliphatic rings. The van der Waals surface area contributed by atoms with E-state index in [1.165, 1.54) is 0 Å². The SMILES string of the molecule is CCCNc1nc(COCC(F)(F)F)nc(C)c1I. The van der Waals surface area contributed by atoms with E-state index in [1.807, 2.05) is 6.92 Å². The quantitative estimate of drug-likeness (QED) is 0.759. The predicted octanol–water partition coefficient (Wildman–Crippen LogP) is 3.29. The van der Waals surface area contributed by atoms with Gasteiger partial charge in [0.05, 0.1) is 9.26 Å². The van der Waals surface area contributed by atoms with Crippen LogP contribution in [0.15, 0.2) is 0 Å². The fourth-order valence-corrected chi connectivity index (χ4v) is 1.73. The van der Waals surface area contributed by atoms with Gasteiger partial charge in [-0.25, -0.2) is 9.97 Å². The van der Waals surface area contributed by atoms with Crippen molar-refractivity contribution >= 4 is 28.4 Å². The molecule has 0 saturated heterocycles. The number of anilines is 1. The molecule has 8 heteroatoms. The average Bonchev–Trinajstić information content (AvgIpc) is 2.30. The largest absolute Gasteiger partial charge is 0.411 e. The topological polar surface area (TPSA) is 47.0 Å². The Kier molecular flexibility index (Phi) is 6.24. The van der Waals surface area contributed by atoms with Crippen LogP contribution in [0.5, 0.6) is 0 Å². The molecule has 0 spiro atoms. The number of nitrogens with one attached hydrogen (secondary N) is 1. The maximum absolute atomic E-state index is 12.0. The van der Waals surface area contributed by atoms with E-state index < -0.39 is 12.8 Å². The molecule has 1 rings (SSSR count). The van der Waals surface area contributed by atoms with Crippen molar-refractivity contribution in [2.45, 2.75) is 33.1 Å². The standard InChI is InChI=1S/C11H15F3IN3O/c1-3-4-16-10-9(15)7(2)17-8(18-10)5-19-6-11(12,13)14/h3-6H2,1-2H3,(H,16,17,18). The average molecular weight is 389 g/mol. The predicted molar refractivity (Wildman–Crippen MR) is 74.0 cm³/mol. The molecule has 0 aliphatic heterocycles. The second-order valence-corrected chi connectivity index (χ2v) is 5.00. The van der Waals surface area contributed by atoms with E-state index in [1.54, 1.807) is 6.92 Å². The minimum Gasteiger partial charge on any atom is -0.369 e. The summed E-state index contributed by atoms with van der Waals surface area (Å²) in [5.74, 6) is 0.890. The van der Waals surface area contributed by atoms with Gasteiger partial charge < -0.3 is 10.1 Å². The zero-order valence-corrected chi connectivity index (χ0v) is 12.8. The Morgan fingerprint density at radius 2 is 2.00 bits per heavy atom. The van der Waals surface area contributed by atoms with Crippen molar-refractivity contribution < 1.29 is 17.9 Å². The van der Waals surface area contributed by atoms with E-state index in [9.17, 15) is 13.2 Å². The molecule has 0 saturated carbocycles. The number of alkyl halides is 3. The first-order valence-electron chi connectivity index (χ1n) is 5.75. The number of hydrogen-bond acceptors (Lipinski definition) is 4. The number of aromatic nitrogens is 2. The van der Waals surface area contributed by atoms with Crippen LogP contribution in [0.3, 0.4) is 0 Å². The molecule has 108 valence electrons. The van der Waals surface area contributed by atoms with E-state index in [4.69, 9.17) is 0 Å². The van der Waals surface area contributed by atoms with Crippen molar-refractivity contribution in [3.8, 4) is 0 Å². The van der Waals surface area contributed by atoms with Crippen molar-refractivity contribution in [3.05, 3.63) is 15.1 Å². The Hall–Kier alpha value is -0.640. The molecule has 0 atom stereocenters. The lowest BCUT2D eigenvalue weighted by molar-refractivity contribution is -0.177. The molecule has 0 unspecified atom stereocenters. The molecule has 19 heavy (non-hydrogen) atoms. The van der Waals surface area contributed by atoms with Crippen molar-refractivity contribution in [2.24, 2.45) is 0 Å². The van der Waals surface area contributed by atoms with E-state index >= 15 is 0 Å². The number of rotatable bonds is 6. The lowest BCUT2D eigenvalue weighted by Crippen LogP contribution is -2.18. The molecule has 0 amide bonds. The van der Waals surface area contributed by atoms with Gasteiger partial charge >= 0.3 is 6.18 Å². The molecule has 0 fully saturated rings. The Labute approximate surface area is 123 Å². The number of ether oxygens (including phenoxy) is 1. The van der Waals surface area contributed by atoms with Gasteiger partial charge in [0.2, 0.25) is 0 Å². The molecule has 1 N–H and O–H groups in total. The second-order valence-electron chi connectivity index (χ2n) is 3.92. The normalized spacial score (nSPS) is 11.7. The summed E-state index contributed by atoms with van der Waals surface area (Å²) in [5.41, 5.74) is 0.722. The first-order valence-corrected chi connectivity index (χ1v) is 6.82. The fraction of sp³-hybridized carbons (Fsp3) is 0.636. The van der Waals surface area contributed by atoms with Crippen LogP contribution in [0.25, 0.3) is 0 Å². The van der Waals surface area contributed by atoms with Gasteiger partial charge in [-0.15, -0.1) is 0 Å². The van der Waals surface area contributed by atoms with Gasteiger partial charge in [-0.3, -0.25) is 0 Å². The minimum absolute atomic E-state index is 0.251. The summed E-state index contributed by atoms with van der Waals surface area (Å²) in [5, 5.41) is 3.11. The number of halogens is 4.